The number of benzene rings is 2. The maximum Gasteiger partial charge on any atom is 0.325 e. The number of amides is 3. The molecule has 3 rings (SSSR count). The molecule has 0 fully saturated rings. The van der Waals surface area contributed by atoms with Crippen LogP contribution in [-0.4, -0.2) is 24.0 Å². The SMILES string of the molecule is COc1cccc(CNC(=O)c2sc(NC(=O)Nc3ccccc3)nc2C)c1. The van der Waals surface area contributed by atoms with Crippen molar-refractivity contribution in [2.75, 3.05) is 17.7 Å². The topological polar surface area (TPSA) is 92.4 Å². The first-order valence-corrected chi connectivity index (χ1v) is 9.38. The molecule has 0 spiro atoms. The molecule has 0 atom stereocenters. The number of ether oxygens (including phenoxy) is 1. The highest BCUT2D eigenvalue weighted by molar-refractivity contribution is 7.17. The molecule has 2 aromatic carbocycles. The lowest BCUT2D eigenvalue weighted by molar-refractivity contribution is 0.0954. The predicted octanol–water partition coefficient (Wildman–Crippen LogP) is 4.03. The van der Waals surface area contributed by atoms with E-state index in [4.69, 9.17) is 4.74 Å². The van der Waals surface area contributed by atoms with Crippen LogP contribution in [0.25, 0.3) is 0 Å². The van der Waals surface area contributed by atoms with Gasteiger partial charge in [0, 0.05) is 12.2 Å². The van der Waals surface area contributed by atoms with E-state index in [2.05, 4.69) is 20.9 Å². The van der Waals surface area contributed by atoms with E-state index in [1.807, 2.05) is 42.5 Å². The summed E-state index contributed by atoms with van der Waals surface area (Å²) in [5.41, 5.74) is 2.16. The smallest absolute Gasteiger partial charge is 0.325 e. The number of aromatic nitrogens is 1. The highest BCUT2D eigenvalue weighted by Gasteiger charge is 2.16. The Kier molecular flexibility index (Phi) is 6.23. The van der Waals surface area contributed by atoms with Gasteiger partial charge in [0.05, 0.1) is 12.8 Å². The Labute approximate surface area is 166 Å². The third-order valence-corrected chi connectivity index (χ3v) is 4.91. The second-order valence-electron chi connectivity index (χ2n) is 5.91. The van der Waals surface area contributed by atoms with Gasteiger partial charge in [0.1, 0.15) is 10.6 Å². The van der Waals surface area contributed by atoms with E-state index in [1.54, 1.807) is 26.2 Å². The summed E-state index contributed by atoms with van der Waals surface area (Å²) in [6.45, 7) is 2.10. The predicted molar refractivity (Wildman–Crippen MR) is 110 cm³/mol. The van der Waals surface area contributed by atoms with Gasteiger partial charge in [0.15, 0.2) is 5.13 Å². The molecule has 3 N–H and O–H groups in total. The number of hydrogen-bond donors (Lipinski definition) is 3. The van der Waals surface area contributed by atoms with E-state index >= 15 is 0 Å². The van der Waals surface area contributed by atoms with Gasteiger partial charge < -0.3 is 15.4 Å². The lowest BCUT2D eigenvalue weighted by Crippen LogP contribution is -2.22. The highest BCUT2D eigenvalue weighted by Crippen LogP contribution is 2.23. The van der Waals surface area contributed by atoms with Crippen molar-refractivity contribution >= 4 is 34.1 Å². The summed E-state index contributed by atoms with van der Waals surface area (Å²) in [5.74, 6) is 0.492. The molecule has 3 aromatic rings. The first-order chi connectivity index (χ1) is 13.5. The zero-order chi connectivity index (χ0) is 19.9. The minimum absolute atomic E-state index is 0.241. The number of methoxy groups -OCH3 is 1. The van der Waals surface area contributed by atoms with Crippen molar-refractivity contribution in [3.8, 4) is 5.75 Å². The summed E-state index contributed by atoms with van der Waals surface area (Å²) >= 11 is 1.13. The number of urea groups is 1. The second kappa shape index (κ2) is 9.01. The molecule has 28 heavy (non-hydrogen) atoms. The van der Waals surface area contributed by atoms with Crippen LogP contribution in [0.1, 0.15) is 20.9 Å². The molecule has 0 saturated carbocycles. The van der Waals surface area contributed by atoms with Crippen LogP contribution in [0.5, 0.6) is 5.75 Å². The number of thiazole rings is 1. The largest absolute Gasteiger partial charge is 0.497 e. The van der Waals surface area contributed by atoms with Crippen molar-refractivity contribution in [2.24, 2.45) is 0 Å². The van der Waals surface area contributed by atoms with Crippen LogP contribution in [0.3, 0.4) is 0 Å². The third-order valence-electron chi connectivity index (χ3n) is 3.84. The first-order valence-electron chi connectivity index (χ1n) is 8.57. The molecular weight excluding hydrogens is 376 g/mol. The van der Waals surface area contributed by atoms with Crippen molar-refractivity contribution in [1.29, 1.82) is 0 Å². The zero-order valence-electron chi connectivity index (χ0n) is 15.5. The summed E-state index contributed by atoms with van der Waals surface area (Å²) in [4.78, 5) is 29.3. The number of carbonyl (C=O) groups excluding carboxylic acids is 2. The Morgan fingerprint density at radius 1 is 1.07 bits per heavy atom. The molecule has 144 valence electrons. The highest BCUT2D eigenvalue weighted by atomic mass is 32.1. The fourth-order valence-electron chi connectivity index (χ4n) is 2.49. The van der Waals surface area contributed by atoms with Gasteiger partial charge in [-0.3, -0.25) is 10.1 Å². The summed E-state index contributed by atoms with van der Waals surface area (Å²) in [5, 5.41) is 8.59. The van der Waals surface area contributed by atoms with Gasteiger partial charge in [-0.1, -0.05) is 41.7 Å². The van der Waals surface area contributed by atoms with Crippen molar-refractivity contribution < 1.29 is 14.3 Å². The van der Waals surface area contributed by atoms with Crippen LogP contribution in [0.2, 0.25) is 0 Å². The van der Waals surface area contributed by atoms with Gasteiger partial charge in [-0.05, 0) is 36.8 Å². The van der Waals surface area contributed by atoms with E-state index in [0.29, 0.717) is 27.9 Å². The summed E-state index contributed by atoms with van der Waals surface area (Å²) in [6.07, 6.45) is 0. The van der Waals surface area contributed by atoms with Crippen LogP contribution in [0.15, 0.2) is 54.6 Å². The van der Waals surface area contributed by atoms with Crippen LogP contribution < -0.4 is 20.7 Å². The molecule has 0 aliphatic rings. The molecular formula is C20H20N4O3S. The summed E-state index contributed by atoms with van der Waals surface area (Å²) in [7, 11) is 1.60. The van der Waals surface area contributed by atoms with Gasteiger partial charge in [-0.15, -0.1) is 0 Å². The normalized spacial score (nSPS) is 10.2. The average molecular weight is 396 g/mol. The molecule has 0 bridgehead atoms. The number of rotatable bonds is 6. The second-order valence-corrected chi connectivity index (χ2v) is 6.91. The maximum absolute atomic E-state index is 12.5. The summed E-state index contributed by atoms with van der Waals surface area (Å²) in [6, 6.07) is 16.1. The van der Waals surface area contributed by atoms with E-state index in [-0.39, 0.29) is 5.91 Å². The van der Waals surface area contributed by atoms with Gasteiger partial charge in [-0.25, -0.2) is 9.78 Å². The number of nitrogens with one attached hydrogen (secondary N) is 3. The van der Waals surface area contributed by atoms with Crippen LogP contribution >= 0.6 is 11.3 Å². The number of anilines is 2. The zero-order valence-corrected chi connectivity index (χ0v) is 16.3. The molecule has 0 unspecified atom stereocenters. The Hall–Kier alpha value is -3.39. The molecule has 0 radical (unpaired) electrons. The Bertz CT molecular complexity index is 973. The van der Waals surface area contributed by atoms with Crippen LogP contribution in [0.4, 0.5) is 15.6 Å². The lowest BCUT2D eigenvalue weighted by atomic mass is 10.2. The van der Waals surface area contributed by atoms with Crippen LogP contribution in [-0.2, 0) is 6.54 Å². The fraction of sp³-hybridized carbons (Fsp3) is 0.150. The molecule has 0 aliphatic carbocycles. The van der Waals surface area contributed by atoms with Gasteiger partial charge in [0.25, 0.3) is 5.91 Å². The number of para-hydroxylation sites is 1. The van der Waals surface area contributed by atoms with E-state index in [9.17, 15) is 9.59 Å². The van der Waals surface area contributed by atoms with Gasteiger partial charge >= 0.3 is 6.03 Å². The average Bonchev–Trinajstić information content (AvgIpc) is 3.07. The number of hydrogen-bond acceptors (Lipinski definition) is 5. The number of carbonyl (C=O) groups is 2. The number of aryl methyl sites for hydroxylation is 1. The standard InChI is InChI=1S/C20H20N4O3S/c1-13-17(18(25)21-12-14-7-6-10-16(11-14)27-2)28-20(22-13)24-19(26)23-15-8-4-3-5-9-15/h3-11H,12H2,1-2H3,(H,21,25)(H2,22,23,24,26). The lowest BCUT2D eigenvalue weighted by Gasteiger charge is -2.06. The molecule has 8 heteroatoms. The fourth-order valence-corrected chi connectivity index (χ4v) is 3.36. The van der Waals surface area contributed by atoms with Crippen molar-refractivity contribution in [3.63, 3.8) is 0 Å². The Balaban J connectivity index is 1.59. The quantitative estimate of drug-likeness (QED) is 0.586. The minimum Gasteiger partial charge on any atom is -0.497 e. The van der Waals surface area contributed by atoms with Crippen molar-refractivity contribution in [1.82, 2.24) is 10.3 Å². The Morgan fingerprint density at radius 3 is 2.61 bits per heavy atom. The van der Waals surface area contributed by atoms with E-state index in [0.717, 1.165) is 22.6 Å². The molecule has 7 nitrogen and oxygen atoms in total. The summed E-state index contributed by atoms with van der Waals surface area (Å²) < 4.78 is 5.18. The molecule has 0 aliphatic heterocycles. The molecule has 1 aromatic heterocycles. The third kappa shape index (κ3) is 5.08. The van der Waals surface area contributed by atoms with E-state index < -0.39 is 6.03 Å². The minimum atomic E-state index is -0.414. The van der Waals surface area contributed by atoms with Crippen molar-refractivity contribution in [2.45, 2.75) is 13.5 Å². The molecule has 1 heterocycles. The van der Waals surface area contributed by atoms with E-state index in [1.165, 1.54) is 0 Å². The monoisotopic (exact) mass is 396 g/mol. The van der Waals surface area contributed by atoms with Gasteiger partial charge in [0.2, 0.25) is 0 Å². The van der Waals surface area contributed by atoms with Gasteiger partial charge in [-0.2, -0.15) is 0 Å². The number of nitrogens with zero attached hydrogens (tertiary/aromatic N) is 1. The molecule has 0 saturated heterocycles. The maximum atomic E-state index is 12.5. The van der Waals surface area contributed by atoms with Crippen LogP contribution in [0, 0.1) is 6.92 Å². The molecule has 3 amide bonds. The van der Waals surface area contributed by atoms with Crippen molar-refractivity contribution in [3.05, 3.63) is 70.7 Å². The first kappa shape index (κ1) is 19.4. The Morgan fingerprint density at radius 2 is 1.86 bits per heavy atom.